The molecule has 0 aliphatic carbocycles. The van der Waals surface area contributed by atoms with Gasteiger partial charge in [-0.15, -0.1) is 0 Å². The largest absolute Gasteiger partial charge is 0.466 e. The minimum absolute atomic E-state index is 0.00717. The van der Waals surface area contributed by atoms with Crippen LogP contribution >= 0.6 is 11.6 Å². The number of hydrazine groups is 1. The molecule has 0 saturated carbocycles. The van der Waals surface area contributed by atoms with Gasteiger partial charge in [0.1, 0.15) is 22.7 Å². The number of carbonyl (C=O) groups excluding carboxylic acids is 2. The fourth-order valence-electron chi connectivity index (χ4n) is 5.73. The highest BCUT2D eigenvalue weighted by Gasteiger charge is 2.70. The first-order chi connectivity index (χ1) is 15.4. The van der Waals surface area contributed by atoms with Gasteiger partial charge in [-0.2, -0.15) is 0 Å². The molecule has 0 bridgehead atoms. The lowest BCUT2D eigenvalue weighted by atomic mass is 9.69. The number of hydrogen-bond donors (Lipinski definition) is 0. The van der Waals surface area contributed by atoms with Crippen molar-refractivity contribution < 1.29 is 14.3 Å². The van der Waals surface area contributed by atoms with Crippen molar-refractivity contribution in [2.45, 2.75) is 39.2 Å². The zero-order valence-corrected chi connectivity index (χ0v) is 19.2. The predicted molar refractivity (Wildman–Crippen MR) is 122 cm³/mol. The van der Waals surface area contributed by atoms with E-state index in [9.17, 15) is 9.59 Å². The maximum atomic E-state index is 13.9. The van der Waals surface area contributed by atoms with Gasteiger partial charge in [-0.05, 0) is 43.5 Å². The van der Waals surface area contributed by atoms with E-state index in [2.05, 4.69) is 0 Å². The van der Waals surface area contributed by atoms with E-state index in [1.54, 1.807) is 18.0 Å². The van der Waals surface area contributed by atoms with Crippen LogP contribution in [0.4, 0.5) is 5.69 Å². The van der Waals surface area contributed by atoms with Crippen molar-refractivity contribution >= 4 is 35.0 Å². The Labute approximate surface area is 192 Å². The van der Waals surface area contributed by atoms with Crippen LogP contribution in [0.2, 0.25) is 5.02 Å². The summed E-state index contributed by atoms with van der Waals surface area (Å²) in [5.41, 5.74) is 0.772. The second-order valence-corrected chi connectivity index (χ2v) is 8.96. The second kappa shape index (κ2) is 7.34. The Morgan fingerprint density at radius 1 is 1.16 bits per heavy atom. The summed E-state index contributed by atoms with van der Waals surface area (Å²) in [6.45, 7) is 6.35. The summed E-state index contributed by atoms with van der Waals surface area (Å²) in [6, 6.07) is 15.4. The minimum Gasteiger partial charge on any atom is -0.466 e. The van der Waals surface area contributed by atoms with Gasteiger partial charge >= 0.3 is 5.97 Å². The summed E-state index contributed by atoms with van der Waals surface area (Å²) in [6.07, 6.45) is 1.26. The van der Waals surface area contributed by atoms with E-state index in [1.807, 2.05) is 61.3 Å². The molecule has 2 fully saturated rings. The molecule has 3 aliphatic heterocycles. The Bertz CT molecular complexity index is 1130. The van der Waals surface area contributed by atoms with Crippen molar-refractivity contribution in [1.82, 2.24) is 10.0 Å². The molecule has 5 rings (SSSR count). The van der Waals surface area contributed by atoms with Gasteiger partial charge in [0, 0.05) is 10.6 Å². The number of halogens is 1. The molecule has 0 radical (unpaired) electrons. The normalized spacial score (nSPS) is 24.8. The van der Waals surface area contributed by atoms with Gasteiger partial charge in [0.05, 0.1) is 18.8 Å². The number of amidine groups is 1. The lowest BCUT2D eigenvalue weighted by molar-refractivity contribution is -0.149. The third-order valence-electron chi connectivity index (χ3n) is 7.30. The number of fused-ring (bicyclic) bond motifs is 2. The first-order valence-electron chi connectivity index (χ1n) is 11.2. The van der Waals surface area contributed by atoms with Crippen LogP contribution in [0.1, 0.15) is 44.7 Å². The van der Waals surface area contributed by atoms with E-state index >= 15 is 0 Å². The number of carbonyl (C=O) groups is 2. The van der Waals surface area contributed by atoms with Crippen molar-refractivity contribution in [2.75, 3.05) is 13.2 Å². The summed E-state index contributed by atoms with van der Waals surface area (Å²) >= 11 is 6.47. The molecule has 7 heteroatoms. The second-order valence-electron chi connectivity index (χ2n) is 8.52. The van der Waals surface area contributed by atoms with E-state index in [4.69, 9.17) is 21.3 Å². The molecule has 0 spiro atoms. The van der Waals surface area contributed by atoms with Crippen molar-refractivity contribution in [2.24, 2.45) is 16.3 Å². The monoisotopic (exact) mass is 451 g/mol. The standard InChI is InChI=1S/C25H26ClN3O3/c1-4-24(5-2)22-27-20-13-12-17(26)14-18(20)25(16-10-8-7-9-11-16)19(21(30)32-6-3)15-28(23(24)31)29(22)25/h7-14,19H,4-6,15H2,1-3H3. The molecule has 6 nitrogen and oxygen atoms in total. The smallest absolute Gasteiger partial charge is 0.314 e. The Morgan fingerprint density at radius 2 is 1.88 bits per heavy atom. The molecule has 2 aromatic rings. The molecular weight excluding hydrogens is 426 g/mol. The van der Waals surface area contributed by atoms with Gasteiger partial charge in [0.15, 0.2) is 0 Å². The topological polar surface area (TPSA) is 62.2 Å². The van der Waals surface area contributed by atoms with Gasteiger partial charge in [-0.25, -0.2) is 10.0 Å². The maximum Gasteiger partial charge on any atom is 0.314 e. The quantitative estimate of drug-likeness (QED) is 0.619. The maximum absolute atomic E-state index is 13.9. The highest BCUT2D eigenvalue weighted by atomic mass is 35.5. The van der Waals surface area contributed by atoms with Crippen molar-refractivity contribution in [3.8, 4) is 0 Å². The molecule has 2 saturated heterocycles. The van der Waals surface area contributed by atoms with Crippen molar-refractivity contribution in [3.05, 3.63) is 64.7 Å². The summed E-state index contributed by atoms with van der Waals surface area (Å²) in [5.74, 6) is -0.252. The minimum atomic E-state index is -0.966. The first-order valence-corrected chi connectivity index (χ1v) is 11.6. The zero-order chi connectivity index (χ0) is 22.7. The fourth-order valence-corrected chi connectivity index (χ4v) is 5.91. The first kappa shape index (κ1) is 21.0. The highest BCUT2D eigenvalue weighted by Crippen LogP contribution is 2.60. The SMILES string of the molecule is CCOC(=O)C1CN2C(=O)C(CC)(CC)C3=Nc4ccc(Cl)cc4C1(c1ccccc1)N32. The third kappa shape index (κ3) is 2.44. The number of amides is 1. The van der Waals surface area contributed by atoms with E-state index in [0.717, 1.165) is 16.8 Å². The summed E-state index contributed by atoms with van der Waals surface area (Å²) in [7, 11) is 0. The number of nitrogens with zero attached hydrogens (tertiary/aromatic N) is 3. The van der Waals surface area contributed by atoms with Gasteiger partial charge in [0.25, 0.3) is 5.91 Å². The molecule has 3 aliphatic rings. The number of aliphatic imine (C=N–C) groups is 1. The van der Waals surface area contributed by atoms with Crippen LogP contribution in [0.3, 0.4) is 0 Å². The summed E-state index contributed by atoms with van der Waals surface area (Å²) in [5, 5.41) is 4.27. The van der Waals surface area contributed by atoms with Crippen LogP contribution < -0.4 is 0 Å². The molecule has 1 amide bonds. The molecule has 166 valence electrons. The summed E-state index contributed by atoms with van der Waals surface area (Å²) in [4.78, 5) is 32.3. The molecule has 32 heavy (non-hydrogen) atoms. The number of hydrogen-bond acceptors (Lipinski definition) is 5. The van der Waals surface area contributed by atoms with Gasteiger partial charge in [-0.3, -0.25) is 14.6 Å². The molecule has 3 heterocycles. The van der Waals surface area contributed by atoms with Crippen LogP contribution in [-0.4, -0.2) is 40.9 Å². The van der Waals surface area contributed by atoms with E-state index in [-0.39, 0.29) is 25.0 Å². The molecular formula is C25H26ClN3O3. The Kier molecular flexibility index (Phi) is 4.82. The van der Waals surface area contributed by atoms with Crippen LogP contribution in [0, 0.1) is 11.3 Å². The molecule has 2 atom stereocenters. The molecule has 0 aromatic heterocycles. The van der Waals surface area contributed by atoms with Crippen molar-refractivity contribution in [1.29, 1.82) is 0 Å². The number of rotatable bonds is 5. The molecule has 0 N–H and O–H groups in total. The number of esters is 1. The highest BCUT2D eigenvalue weighted by molar-refractivity contribution is 6.30. The molecule has 2 unspecified atom stereocenters. The zero-order valence-electron chi connectivity index (χ0n) is 18.5. The van der Waals surface area contributed by atoms with Crippen molar-refractivity contribution in [3.63, 3.8) is 0 Å². The summed E-state index contributed by atoms with van der Waals surface area (Å²) < 4.78 is 5.54. The average molecular weight is 452 g/mol. The Hall–Kier alpha value is -2.86. The lowest BCUT2D eigenvalue weighted by Crippen LogP contribution is -2.54. The third-order valence-corrected chi connectivity index (χ3v) is 7.53. The van der Waals surface area contributed by atoms with Crippen LogP contribution in [0.15, 0.2) is 53.5 Å². The van der Waals surface area contributed by atoms with Gasteiger partial charge < -0.3 is 4.74 Å². The predicted octanol–water partition coefficient (Wildman–Crippen LogP) is 4.69. The fraction of sp³-hybridized carbons (Fsp3) is 0.400. The van der Waals surface area contributed by atoms with E-state index in [0.29, 0.717) is 23.7 Å². The molecule has 2 aromatic carbocycles. The van der Waals surface area contributed by atoms with E-state index < -0.39 is 16.9 Å². The Morgan fingerprint density at radius 3 is 2.53 bits per heavy atom. The van der Waals surface area contributed by atoms with Crippen LogP contribution in [-0.2, 0) is 19.9 Å². The lowest BCUT2D eigenvalue weighted by Gasteiger charge is -2.46. The van der Waals surface area contributed by atoms with Gasteiger partial charge in [-0.1, -0.05) is 55.8 Å². The van der Waals surface area contributed by atoms with Crippen LogP contribution in [0.5, 0.6) is 0 Å². The van der Waals surface area contributed by atoms with Crippen LogP contribution in [0.25, 0.3) is 0 Å². The van der Waals surface area contributed by atoms with Gasteiger partial charge in [0.2, 0.25) is 0 Å². The van der Waals surface area contributed by atoms with E-state index in [1.165, 1.54) is 0 Å². The number of ether oxygens (including phenoxy) is 1. The Balaban J connectivity index is 1.89. The number of benzene rings is 2. The average Bonchev–Trinajstić information content (AvgIpc) is 3.29.